The van der Waals surface area contributed by atoms with Gasteiger partial charge in [-0.05, 0) is 32.0 Å². The molecule has 2 amide bonds. The molecule has 0 unspecified atom stereocenters. The second-order valence-electron chi connectivity index (χ2n) is 5.77. The summed E-state index contributed by atoms with van der Waals surface area (Å²) in [7, 11) is 0. The first-order valence-electron chi connectivity index (χ1n) is 7.69. The molecule has 24 heavy (non-hydrogen) atoms. The highest BCUT2D eigenvalue weighted by molar-refractivity contribution is 6.08. The van der Waals surface area contributed by atoms with E-state index in [0.717, 1.165) is 0 Å². The number of hydrogen-bond donors (Lipinski definition) is 3. The number of pyridine rings is 1. The van der Waals surface area contributed by atoms with Crippen LogP contribution in [-0.4, -0.2) is 27.8 Å². The Labute approximate surface area is 139 Å². The second kappa shape index (κ2) is 6.54. The van der Waals surface area contributed by atoms with E-state index in [2.05, 4.69) is 20.6 Å². The van der Waals surface area contributed by atoms with Crippen LogP contribution in [0.25, 0.3) is 11.0 Å². The van der Waals surface area contributed by atoms with Crippen LogP contribution in [0.2, 0.25) is 0 Å². The van der Waals surface area contributed by atoms with Crippen molar-refractivity contribution in [1.29, 1.82) is 0 Å². The van der Waals surface area contributed by atoms with E-state index in [4.69, 9.17) is 0 Å². The number of nitrogens with zero attached hydrogens (tertiary/aromatic N) is 1. The zero-order chi connectivity index (χ0) is 17.1. The zero-order valence-electron chi connectivity index (χ0n) is 13.5. The minimum atomic E-state index is -0.222. The number of hydrogen-bond acceptors (Lipinski definition) is 3. The van der Waals surface area contributed by atoms with E-state index in [-0.39, 0.29) is 17.9 Å². The maximum Gasteiger partial charge on any atom is 0.255 e. The lowest BCUT2D eigenvalue weighted by Gasteiger charge is -2.08. The summed E-state index contributed by atoms with van der Waals surface area (Å²) in [4.78, 5) is 31.7. The van der Waals surface area contributed by atoms with Crippen LogP contribution in [0.4, 0.5) is 5.69 Å². The second-order valence-corrected chi connectivity index (χ2v) is 5.77. The van der Waals surface area contributed by atoms with Gasteiger partial charge in [-0.3, -0.25) is 9.59 Å². The van der Waals surface area contributed by atoms with E-state index in [1.54, 1.807) is 42.7 Å². The van der Waals surface area contributed by atoms with Gasteiger partial charge >= 0.3 is 0 Å². The van der Waals surface area contributed by atoms with Crippen LogP contribution >= 0.6 is 0 Å². The zero-order valence-corrected chi connectivity index (χ0v) is 13.5. The molecule has 0 atom stereocenters. The smallest absolute Gasteiger partial charge is 0.255 e. The number of fused-ring (bicyclic) bond motifs is 1. The molecule has 6 heteroatoms. The van der Waals surface area contributed by atoms with Crippen molar-refractivity contribution in [3.8, 4) is 0 Å². The summed E-state index contributed by atoms with van der Waals surface area (Å²) in [5.41, 5.74) is 2.20. The Morgan fingerprint density at radius 2 is 1.88 bits per heavy atom. The molecule has 0 aliphatic heterocycles. The average molecular weight is 322 g/mol. The first kappa shape index (κ1) is 15.7. The first-order valence-corrected chi connectivity index (χ1v) is 7.69. The Hall–Kier alpha value is -3.15. The normalized spacial score (nSPS) is 10.8. The lowest BCUT2D eigenvalue weighted by Crippen LogP contribution is -2.29. The molecule has 3 N–H and O–H groups in total. The Bertz CT molecular complexity index is 884. The van der Waals surface area contributed by atoms with E-state index >= 15 is 0 Å². The van der Waals surface area contributed by atoms with Gasteiger partial charge < -0.3 is 15.6 Å². The molecule has 1 aromatic carbocycles. The van der Waals surface area contributed by atoms with Crippen LogP contribution in [0.1, 0.15) is 34.6 Å². The SMILES string of the molecule is CC(C)NC(=O)c1c[nH]c2ncc(NC(=O)c3ccccc3)cc12. The maximum absolute atomic E-state index is 12.2. The summed E-state index contributed by atoms with van der Waals surface area (Å²) < 4.78 is 0. The van der Waals surface area contributed by atoms with E-state index < -0.39 is 0 Å². The average Bonchev–Trinajstić information content (AvgIpc) is 2.98. The van der Waals surface area contributed by atoms with Gasteiger partial charge in [0.15, 0.2) is 0 Å². The van der Waals surface area contributed by atoms with Gasteiger partial charge in [0.1, 0.15) is 5.65 Å². The molecule has 0 radical (unpaired) electrons. The van der Waals surface area contributed by atoms with Crippen LogP contribution in [0.5, 0.6) is 0 Å². The van der Waals surface area contributed by atoms with Gasteiger partial charge in [0, 0.05) is 23.2 Å². The molecule has 0 aliphatic carbocycles. The van der Waals surface area contributed by atoms with Gasteiger partial charge in [0.05, 0.1) is 17.4 Å². The van der Waals surface area contributed by atoms with Crippen molar-refractivity contribution in [1.82, 2.24) is 15.3 Å². The van der Waals surface area contributed by atoms with E-state index in [9.17, 15) is 9.59 Å². The molecule has 0 bridgehead atoms. The number of H-pyrrole nitrogens is 1. The minimum Gasteiger partial charge on any atom is -0.350 e. The topological polar surface area (TPSA) is 86.9 Å². The molecule has 0 aliphatic rings. The molecular weight excluding hydrogens is 304 g/mol. The Morgan fingerprint density at radius 3 is 2.58 bits per heavy atom. The highest BCUT2D eigenvalue weighted by atomic mass is 16.2. The monoisotopic (exact) mass is 322 g/mol. The number of carbonyl (C=O) groups excluding carboxylic acids is 2. The van der Waals surface area contributed by atoms with Crippen molar-refractivity contribution >= 4 is 28.5 Å². The van der Waals surface area contributed by atoms with Crippen molar-refractivity contribution in [2.24, 2.45) is 0 Å². The highest BCUT2D eigenvalue weighted by Crippen LogP contribution is 2.21. The lowest BCUT2D eigenvalue weighted by molar-refractivity contribution is 0.0944. The molecule has 6 nitrogen and oxygen atoms in total. The number of amides is 2. The predicted octanol–water partition coefficient (Wildman–Crippen LogP) is 2.95. The molecule has 0 spiro atoms. The summed E-state index contributed by atoms with van der Waals surface area (Å²) in [5.74, 6) is -0.398. The molecule has 2 heterocycles. The van der Waals surface area contributed by atoms with Crippen molar-refractivity contribution in [2.45, 2.75) is 19.9 Å². The van der Waals surface area contributed by atoms with E-state index in [0.29, 0.717) is 27.8 Å². The molecular formula is C18H18N4O2. The van der Waals surface area contributed by atoms with Crippen molar-refractivity contribution < 1.29 is 9.59 Å². The van der Waals surface area contributed by atoms with Gasteiger partial charge in [-0.1, -0.05) is 18.2 Å². The summed E-state index contributed by atoms with van der Waals surface area (Å²) in [6.07, 6.45) is 3.18. The molecule has 2 aromatic heterocycles. The van der Waals surface area contributed by atoms with Crippen LogP contribution in [0.3, 0.4) is 0 Å². The fourth-order valence-corrected chi connectivity index (χ4v) is 2.39. The molecule has 3 aromatic rings. The number of benzene rings is 1. The first-order chi connectivity index (χ1) is 11.5. The van der Waals surface area contributed by atoms with Gasteiger partial charge in [-0.2, -0.15) is 0 Å². The van der Waals surface area contributed by atoms with Crippen molar-refractivity contribution in [2.75, 3.05) is 5.32 Å². The third-order valence-corrected chi connectivity index (χ3v) is 3.49. The van der Waals surface area contributed by atoms with E-state index in [1.165, 1.54) is 0 Å². The lowest BCUT2D eigenvalue weighted by atomic mass is 10.1. The standard InChI is InChI=1S/C18H18N4O2/c1-11(2)21-18(24)15-10-20-16-14(15)8-13(9-19-16)22-17(23)12-6-4-3-5-7-12/h3-11H,1-2H3,(H,19,20)(H,21,24)(H,22,23). The maximum atomic E-state index is 12.2. The summed E-state index contributed by atoms with van der Waals surface area (Å²) in [6, 6.07) is 10.7. The minimum absolute atomic E-state index is 0.0383. The fraction of sp³-hybridized carbons (Fsp3) is 0.167. The Morgan fingerprint density at radius 1 is 1.12 bits per heavy atom. The summed E-state index contributed by atoms with van der Waals surface area (Å²) in [5, 5.41) is 6.32. The fourth-order valence-electron chi connectivity index (χ4n) is 2.39. The summed E-state index contributed by atoms with van der Waals surface area (Å²) in [6.45, 7) is 3.80. The van der Waals surface area contributed by atoms with Crippen molar-refractivity contribution in [3.05, 3.63) is 59.9 Å². The van der Waals surface area contributed by atoms with Crippen molar-refractivity contribution in [3.63, 3.8) is 0 Å². The van der Waals surface area contributed by atoms with Gasteiger partial charge in [-0.25, -0.2) is 4.98 Å². The molecule has 0 fully saturated rings. The Balaban J connectivity index is 1.88. The molecule has 0 saturated carbocycles. The van der Waals surface area contributed by atoms with Gasteiger partial charge in [-0.15, -0.1) is 0 Å². The quantitative estimate of drug-likeness (QED) is 0.690. The molecule has 0 saturated heterocycles. The number of aromatic amines is 1. The van der Waals surface area contributed by atoms with Gasteiger partial charge in [0.25, 0.3) is 11.8 Å². The van der Waals surface area contributed by atoms with E-state index in [1.807, 2.05) is 19.9 Å². The molecule has 3 rings (SSSR count). The van der Waals surface area contributed by atoms with Crippen LogP contribution in [0.15, 0.2) is 48.8 Å². The van der Waals surface area contributed by atoms with Crippen LogP contribution < -0.4 is 10.6 Å². The van der Waals surface area contributed by atoms with Crippen LogP contribution in [-0.2, 0) is 0 Å². The number of nitrogens with one attached hydrogen (secondary N) is 3. The number of anilines is 1. The number of carbonyl (C=O) groups is 2. The third kappa shape index (κ3) is 3.27. The van der Waals surface area contributed by atoms with Gasteiger partial charge in [0.2, 0.25) is 0 Å². The largest absolute Gasteiger partial charge is 0.350 e. The number of rotatable bonds is 4. The predicted molar refractivity (Wildman–Crippen MR) is 93.1 cm³/mol. The highest BCUT2D eigenvalue weighted by Gasteiger charge is 2.15. The van der Waals surface area contributed by atoms with Crippen LogP contribution in [0, 0.1) is 0 Å². The molecule has 122 valence electrons. The summed E-state index contributed by atoms with van der Waals surface area (Å²) >= 11 is 0. The third-order valence-electron chi connectivity index (χ3n) is 3.49. The number of aromatic nitrogens is 2. The Kier molecular flexibility index (Phi) is 4.29.